The third-order valence-electron chi connectivity index (χ3n) is 16.9. The van der Waals surface area contributed by atoms with Gasteiger partial charge in [-0.1, -0.05) is 158 Å². The molecule has 2 aliphatic carbocycles. The summed E-state index contributed by atoms with van der Waals surface area (Å²) in [4.78, 5) is 0. The number of benzene rings is 12. The summed E-state index contributed by atoms with van der Waals surface area (Å²) in [5.74, 6) is 0. The maximum Gasteiger partial charge on any atom is 0.135 e. The van der Waals surface area contributed by atoms with Crippen LogP contribution in [0.4, 0.5) is 0 Å². The molecule has 18 rings (SSSR count). The van der Waals surface area contributed by atoms with Gasteiger partial charge in [-0.3, -0.25) is 0 Å². The molecule has 4 aromatic heterocycles. The van der Waals surface area contributed by atoms with Gasteiger partial charge in [-0.05, 0) is 128 Å². The maximum atomic E-state index is 6.42. The zero-order valence-corrected chi connectivity index (χ0v) is 39.2. The summed E-state index contributed by atoms with van der Waals surface area (Å²) in [6.07, 6.45) is 0. The average molecular weight is 927 g/mol. The van der Waals surface area contributed by atoms with Crippen LogP contribution in [-0.2, 0) is 5.41 Å². The molecule has 336 valence electrons. The SMILES string of the molecule is c1ccc2c(c1)-c1ccccc1C21c2cc3c(cc2-c2cc4c5ccc6ccccc6c5n(-c5ccc6oc7ccccc7c6c5)c4cc21)c1ccc2ccccc2c1n3-c1ccc2oc3ccccc3c2c1. The first kappa shape index (κ1) is 38.2. The molecule has 0 amide bonds. The molecule has 73 heavy (non-hydrogen) atoms. The van der Waals surface area contributed by atoms with Crippen LogP contribution in [0.3, 0.4) is 0 Å². The molecule has 4 nitrogen and oxygen atoms in total. The number of nitrogens with zero attached hydrogens (tertiary/aromatic N) is 2. The van der Waals surface area contributed by atoms with Crippen molar-refractivity contribution in [2.24, 2.45) is 0 Å². The smallest absolute Gasteiger partial charge is 0.135 e. The van der Waals surface area contributed by atoms with Crippen LogP contribution in [-0.4, -0.2) is 9.13 Å². The highest BCUT2D eigenvalue weighted by Gasteiger charge is 2.52. The fraction of sp³-hybridized carbons (Fsp3) is 0.0145. The summed E-state index contributed by atoms with van der Waals surface area (Å²) >= 11 is 0. The van der Waals surface area contributed by atoms with E-state index in [1.807, 2.05) is 12.1 Å². The highest BCUT2D eigenvalue weighted by Crippen LogP contribution is 2.64. The van der Waals surface area contributed by atoms with Crippen LogP contribution in [0.1, 0.15) is 22.3 Å². The molecule has 0 aliphatic heterocycles. The molecular formula is C69H38N2O2. The van der Waals surface area contributed by atoms with E-state index < -0.39 is 5.41 Å². The van der Waals surface area contributed by atoms with Gasteiger partial charge in [-0.25, -0.2) is 0 Å². The van der Waals surface area contributed by atoms with Crippen LogP contribution >= 0.6 is 0 Å². The van der Waals surface area contributed by atoms with Gasteiger partial charge in [0.1, 0.15) is 22.3 Å². The first-order valence-corrected chi connectivity index (χ1v) is 25.2. The molecular weight excluding hydrogens is 889 g/mol. The van der Waals surface area contributed by atoms with Crippen LogP contribution in [0.5, 0.6) is 0 Å². The fourth-order valence-electron chi connectivity index (χ4n) is 13.9. The van der Waals surface area contributed by atoms with Crippen molar-refractivity contribution in [3.05, 3.63) is 253 Å². The van der Waals surface area contributed by atoms with E-state index in [-0.39, 0.29) is 0 Å². The number of hydrogen-bond donors (Lipinski definition) is 0. The minimum atomic E-state index is -0.623. The first-order valence-electron chi connectivity index (χ1n) is 25.2. The lowest BCUT2D eigenvalue weighted by molar-refractivity contribution is 0.668. The molecule has 16 aromatic rings. The van der Waals surface area contributed by atoms with E-state index in [0.717, 1.165) is 55.3 Å². The zero-order valence-electron chi connectivity index (χ0n) is 39.2. The molecule has 0 saturated heterocycles. The number of fused-ring (bicyclic) bond motifs is 26. The number of rotatable bonds is 2. The summed E-state index contributed by atoms with van der Waals surface area (Å²) < 4.78 is 17.9. The second-order valence-electron chi connectivity index (χ2n) is 20.3. The Morgan fingerprint density at radius 2 is 0.671 bits per heavy atom. The van der Waals surface area contributed by atoms with Crippen molar-refractivity contribution in [1.29, 1.82) is 0 Å². The third-order valence-corrected chi connectivity index (χ3v) is 16.9. The van der Waals surface area contributed by atoms with E-state index in [9.17, 15) is 0 Å². The topological polar surface area (TPSA) is 36.1 Å². The second-order valence-corrected chi connectivity index (χ2v) is 20.3. The van der Waals surface area contributed by atoms with Gasteiger partial charge in [0.2, 0.25) is 0 Å². The molecule has 1 spiro atoms. The monoisotopic (exact) mass is 926 g/mol. The van der Waals surface area contributed by atoms with Gasteiger partial charge in [0, 0.05) is 65.2 Å². The van der Waals surface area contributed by atoms with Crippen molar-refractivity contribution >= 4 is 109 Å². The Balaban J connectivity index is 1.01. The molecule has 0 unspecified atom stereocenters. The van der Waals surface area contributed by atoms with Gasteiger partial charge in [-0.15, -0.1) is 0 Å². The number of aromatic nitrogens is 2. The Bertz CT molecular complexity index is 4850. The summed E-state index contributed by atoms with van der Waals surface area (Å²) in [6, 6.07) is 85.8. The number of hydrogen-bond acceptors (Lipinski definition) is 2. The van der Waals surface area contributed by atoms with Crippen LogP contribution < -0.4 is 0 Å². The lowest BCUT2D eigenvalue weighted by Gasteiger charge is -2.30. The van der Waals surface area contributed by atoms with Crippen molar-refractivity contribution in [2.75, 3.05) is 0 Å². The Kier molecular flexibility index (Phi) is 7.00. The van der Waals surface area contributed by atoms with Crippen molar-refractivity contribution in [1.82, 2.24) is 9.13 Å². The Morgan fingerprint density at radius 1 is 0.260 bits per heavy atom. The first-order chi connectivity index (χ1) is 36.2. The minimum absolute atomic E-state index is 0.623. The third kappa shape index (κ3) is 4.68. The summed E-state index contributed by atoms with van der Waals surface area (Å²) in [6.45, 7) is 0. The molecule has 4 heteroatoms. The Hall–Kier alpha value is -9.64. The highest BCUT2D eigenvalue weighted by atomic mass is 16.3. The Morgan fingerprint density at radius 3 is 1.16 bits per heavy atom. The molecule has 0 atom stereocenters. The molecule has 2 aliphatic rings. The van der Waals surface area contributed by atoms with Crippen LogP contribution in [0.15, 0.2) is 239 Å². The summed E-state index contributed by atoms with van der Waals surface area (Å²) in [7, 11) is 0. The van der Waals surface area contributed by atoms with Crippen molar-refractivity contribution in [3.8, 4) is 33.6 Å². The lowest BCUT2D eigenvalue weighted by atomic mass is 9.70. The molecule has 12 aromatic carbocycles. The zero-order chi connectivity index (χ0) is 47.3. The molecule has 0 bridgehead atoms. The van der Waals surface area contributed by atoms with Gasteiger partial charge in [-0.2, -0.15) is 0 Å². The van der Waals surface area contributed by atoms with Gasteiger partial charge < -0.3 is 18.0 Å². The molecule has 0 saturated carbocycles. The summed E-state index contributed by atoms with van der Waals surface area (Å²) in [5, 5.41) is 14.3. The largest absolute Gasteiger partial charge is 0.456 e. The van der Waals surface area contributed by atoms with Gasteiger partial charge in [0.25, 0.3) is 0 Å². The highest BCUT2D eigenvalue weighted by molar-refractivity contribution is 6.23. The van der Waals surface area contributed by atoms with E-state index in [1.54, 1.807) is 0 Å². The number of para-hydroxylation sites is 2. The normalized spacial score (nSPS) is 13.6. The van der Waals surface area contributed by atoms with E-state index >= 15 is 0 Å². The Labute approximate surface area is 416 Å². The second kappa shape index (κ2) is 13.4. The molecule has 4 heterocycles. The van der Waals surface area contributed by atoms with Crippen molar-refractivity contribution in [2.45, 2.75) is 5.41 Å². The average Bonchev–Trinajstić information content (AvgIpc) is 4.29. The fourth-order valence-corrected chi connectivity index (χ4v) is 13.9. The molecule has 0 N–H and O–H groups in total. The predicted molar refractivity (Wildman–Crippen MR) is 301 cm³/mol. The van der Waals surface area contributed by atoms with Crippen molar-refractivity contribution in [3.63, 3.8) is 0 Å². The van der Waals surface area contributed by atoms with E-state index in [0.29, 0.717) is 0 Å². The van der Waals surface area contributed by atoms with Crippen LogP contribution in [0.25, 0.3) is 143 Å². The van der Waals surface area contributed by atoms with Gasteiger partial charge in [0.15, 0.2) is 0 Å². The van der Waals surface area contributed by atoms with E-state index in [4.69, 9.17) is 8.83 Å². The minimum Gasteiger partial charge on any atom is -0.456 e. The summed E-state index contributed by atoms with van der Waals surface area (Å²) in [5.41, 5.74) is 20.3. The predicted octanol–water partition coefficient (Wildman–Crippen LogP) is 18.3. The van der Waals surface area contributed by atoms with Crippen LogP contribution in [0.2, 0.25) is 0 Å². The quantitative estimate of drug-likeness (QED) is 0.173. The van der Waals surface area contributed by atoms with Gasteiger partial charge >= 0.3 is 0 Å². The maximum absolute atomic E-state index is 6.42. The lowest BCUT2D eigenvalue weighted by Crippen LogP contribution is -2.26. The standard InChI is InChI=1S/C69H38N2O2/c1-3-15-43-39(13-1)25-29-49-53-35-51-52-36-54-50-30-26-40-14-2-4-16-44(40)68(50)71(42-28-32-66-56(34-42)48-20-8-12-24-64(48)73-66)62(54)38-60(52)69(57-21-9-5-17-45(57)46-18-6-10-22-58(46)69)59(51)37-61(53)70(67(43)49)41-27-31-65-55(33-41)47-19-7-11-23-63(47)72-65/h1-38H. The van der Waals surface area contributed by atoms with E-state index in [2.05, 4.69) is 228 Å². The molecule has 0 fully saturated rings. The number of furan rings is 2. The van der Waals surface area contributed by atoms with Crippen LogP contribution in [0, 0.1) is 0 Å². The molecule has 0 radical (unpaired) electrons. The van der Waals surface area contributed by atoms with Gasteiger partial charge in [0.05, 0.1) is 27.5 Å². The van der Waals surface area contributed by atoms with Crippen molar-refractivity contribution < 1.29 is 8.83 Å². The van der Waals surface area contributed by atoms with E-state index in [1.165, 1.54) is 110 Å².